The second-order valence-corrected chi connectivity index (χ2v) is 8.65. The van der Waals surface area contributed by atoms with Crippen molar-refractivity contribution >= 4 is 17.5 Å². The van der Waals surface area contributed by atoms with Crippen LogP contribution in [0.15, 0.2) is 78.5 Å². The fourth-order valence-electron chi connectivity index (χ4n) is 3.75. The summed E-state index contributed by atoms with van der Waals surface area (Å²) in [5.41, 5.74) is 3.64. The van der Waals surface area contributed by atoms with Gasteiger partial charge in [-0.15, -0.1) is 16.8 Å². The maximum absolute atomic E-state index is 13.1. The summed E-state index contributed by atoms with van der Waals surface area (Å²) in [4.78, 5) is 13.1. The molecule has 0 fully saturated rings. The zero-order valence-corrected chi connectivity index (χ0v) is 19.9. The molecule has 0 radical (unpaired) electrons. The monoisotopic (exact) mass is 476 g/mol. The Kier molecular flexibility index (Phi) is 7.27. The van der Waals surface area contributed by atoms with Crippen molar-refractivity contribution in [2.45, 2.75) is 32.2 Å². The first kappa shape index (κ1) is 23.5. The van der Waals surface area contributed by atoms with Crippen LogP contribution in [0, 0.1) is 19.7 Å². The number of ether oxygens (including phenoxy) is 1. The molecule has 0 aliphatic heterocycles. The van der Waals surface area contributed by atoms with Crippen molar-refractivity contribution in [1.29, 1.82) is 0 Å². The van der Waals surface area contributed by atoms with Crippen LogP contribution >= 0.6 is 11.8 Å². The van der Waals surface area contributed by atoms with Gasteiger partial charge in [0.1, 0.15) is 18.2 Å². The minimum Gasteiger partial charge on any atom is -0.486 e. The van der Waals surface area contributed by atoms with Gasteiger partial charge in [-0.25, -0.2) is 4.39 Å². The highest BCUT2D eigenvalue weighted by atomic mass is 32.2. The van der Waals surface area contributed by atoms with E-state index in [1.54, 1.807) is 18.2 Å². The van der Waals surface area contributed by atoms with Crippen molar-refractivity contribution in [1.82, 2.24) is 19.3 Å². The highest BCUT2D eigenvalue weighted by molar-refractivity contribution is 7.99. The Morgan fingerprint density at radius 3 is 2.56 bits per heavy atom. The molecule has 0 aliphatic rings. The van der Waals surface area contributed by atoms with E-state index in [0.29, 0.717) is 28.8 Å². The fraction of sp³-hybridized carbons (Fsp3) is 0.192. The lowest BCUT2D eigenvalue weighted by molar-refractivity contribution is 0.102. The highest BCUT2D eigenvalue weighted by Gasteiger charge is 2.19. The lowest BCUT2D eigenvalue weighted by Gasteiger charge is -2.10. The van der Waals surface area contributed by atoms with Crippen LogP contribution in [0.5, 0.6) is 5.75 Å². The Morgan fingerprint density at radius 2 is 1.85 bits per heavy atom. The number of carbonyl (C=O) groups is 1. The molecular formula is C26H25FN4O2S. The van der Waals surface area contributed by atoms with Gasteiger partial charge < -0.3 is 9.30 Å². The summed E-state index contributed by atoms with van der Waals surface area (Å²) < 4.78 is 22.8. The lowest BCUT2D eigenvalue weighted by Crippen LogP contribution is -2.09. The molecule has 2 aromatic carbocycles. The highest BCUT2D eigenvalue weighted by Crippen LogP contribution is 2.24. The van der Waals surface area contributed by atoms with E-state index < -0.39 is 0 Å². The fourth-order valence-corrected chi connectivity index (χ4v) is 4.60. The maximum atomic E-state index is 13.1. The van der Waals surface area contributed by atoms with Crippen LogP contribution in [-0.4, -0.2) is 30.9 Å². The first-order valence-electron chi connectivity index (χ1n) is 10.8. The lowest BCUT2D eigenvalue weighted by atomic mass is 10.2. The number of para-hydroxylation sites is 1. The largest absolute Gasteiger partial charge is 0.486 e. The Morgan fingerprint density at radius 1 is 1.12 bits per heavy atom. The predicted molar refractivity (Wildman–Crippen MR) is 131 cm³/mol. The number of Topliss-reactive ketones (excluding diaryl/α,β-unsaturated/α-hetero) is 1. The molecule has 0 saturated heterocycles. The van der Waals surface area contributed by atoms with Gasteiger partial charge in [-0.3, -0.25) is 9.36 Å². The standard InChI is InChI=1S/C26H25FN4O2S/c1-4-14-30-25(16-33-22-12-10-20(27)11-13-22)28-29-26(30)34-17-24(32)23-15-18(2)31(19(23)3)21-8-6-5-7-9-21/h4-13,15H,1,14,16-17H2,2-3H3. The number of aryl methyl sites for hydroxylation is 1. The summed E-state index contributed by atoms with van der Waals surface area (Å²) in [5.74, 6) is 1.06. The second-order valence-electron chi connectivity index (χ2n) is 7.71. The SMILES string of the molecule is C=CCn1c(COc2ccc(F)cc2)nnc1SCC(=O)c1cc(C)n(-c2ccccc2)c1C. The molecular weight excluding hydrogens is 451 g/mol. The van der Waals surface area contributed by atoms with Gasteiger partial charge in [-0.2, -0.15) is 0 Å². The number of ketones is 1. The Bertz CT molecular complexity index is 1300. The van der Waals surface area contributed by atoms with Crippen molar-refractivity contribution < 1.29 is 13.9 Å². The molecule has 2 heterocycles. The molecule has 4 aromatic rings. The summed E-state index contributed by atoms with van der Waals surface area (Å²) in [5, 5.41) is 9.09. The van der Waals surface area contributed by atoms with E-state index in [0.717, 1.165) is 17.1 Å². The maximum Gasteiger partial charge on any atom is 0.192 e. The van der Waals surface area contributed by atoms with Crippen LogP contribution in [0.2, 0.25) is 0 Å². The van der Waals surface area contributed by atoms with Gasteiger partial charge in [0, 0.05) is 29.2 Å². The number of halogens is 1. The van der Waals surface area contributed by atoms with Gasteiger partial charge >= 0.3 is 0 Å². The molecule has 0 aliphatic carbocycles. The van der Waals surface area contributed by atoms with E-state index in [9.17, 15) is 9.18 Å². The minimum absolute atomic E-state index is 0.0255. The number of thioether (sulfide) groups is 1. The molecule has 0 N–H and O–H groups in total. The summed E-state index contributed by atoms with van der Waals surface area (Å²) in [7, 11) is 0. The third kappa shape index (κ3) is 5.12. The van der Waals surface area contributed by atoms with E-state index in [-0.39, 0.29) is 24.0 Å². The molecule has 6 nitrogen and oxygen atoms in total. The van der Waals surface area contributed by atoms with E-state index >= 15 is 0 Å². The van der Waals surface area contributed by atoms with Crippen LogP contribution in [0.3, 0.4) is 0 Å². The Labute approximate surface area is 202 Å². The van der Waals surface area contributed by atoms with Crippen molar-refractivity contribution in [2.75, 3.05) is 5.75 Å². The average molecular weight is 477 g/mol. The normalized spacial score (nSPS) is 10.9. The number of benzene rings is 2. The van der Waals surface area contributed by atoms with E-state index in [4.69, 9.17) is 4.74 Å². The number of allylic oxidation sites excluding steroid dienone is 1. The second kappa shape index (κ2) is 10.5. The number of aromatic nitrogens is 4. The number of hydrogen-bond acceptors (Lipinski definition) is 5. The van der Waals surface area contributed by atoms with Gasteiger partial charge in [-0.05, 0) is 56.3 Å². The quantitative estimate of drug-likeness (QED) is 0.170. The summed E-state index contributed by atoms with van der Waals surface area (Å²) >= 11 is 1.33. The summed E-state index contributed by atoms with van der Waals surface area (Å²) in [6.45, 7) is 8.41. The topological polar surface area (TPSA) is 61.9 Å². The van der Waals surface area contributed by atoms with Gasteiger partial charge in [0.2, 0.25) is 0 Å². The van der Waals surface area contributed by atoms with E-state index in [2.05, 4.69) is 21.3 Å². The molecule has 4 rings (SSSR count). The molecule has 0 spiro atoms. The van der Waals surface area contributed by atoms with Gasteiger partial charge in [0.25, 0.3) is 0 Å². The molecule has 0 bridgehead atoms. The van der Waals surface area contributed by atoms with E-state index in [1.165, 1.54) is 23.9 Å². The third-order valence-corrected chi connectivity index (χ3v) is 6.33. The number of rotatable bonds is 10. The van der Waals surface area contributed by atoms with Crippen LogP contribution in [0.4, 0.5) is 4.39 Å². The first-order chi connectivity index (χ1) is 16.5. The predicted octanol–water partition coefficient (Wildman–Crippen LogP) is 5.56. The molecule has 174 valence electrons. The zero-order valence-electron chi connectivity index (χ0n) is 19.1. The number of carbonyl (C=O) groups excluding carboxylic acids is 1. The number of nitrogens with zero attached hydrogens (tertiary/aromatic N) is 4. The van der Waals surface area contributed by atoms with Crippen LogP contribution in [0.1, 0.15) is 27.6 Å². The molecule has 0 amide bonds. The first-order valence-corrected chi connectivity index (χ1v) is 11.8. The van der Waals surface area contributed by atoms with Gasteiger partial charge in [0.15, 0.2) is 16.8 Å². The molecule has 8 heteroatoms. The van der Waals surface area contributed by atoms with Crippen molar-refractivity contribution in [3.63, 3.8) is 0 Å². The Hall–Kier alpha value is -3.65. The summed E-state index contributed by atoms with van der Waals surface area (Å²) in [6, 6.07) is 17.7. The number of hydrogen-bond donors (Lipinski definition) is 0. The molecule has 0 unspecified atom stereocenters. The van der Waals surface area contributed by atoms with E-state index in [1.807, 2.05) is 54.8 Å². The van der Waals surface area contributed by atoms with Crippen molar-refractivity contribution in [3.05, 3.63) is 102 Å². The van der Waals surface area contributed by atoms with Crippen molar-refractivity contribution in [3.8, 4) is 11.4 Å². The van der Waals surface area contributed by atoms with Crippen LogP contribution in [0.25, 0.3) is 5.69 Å². The van der Waals surface area contributed by atoms with Gasteiger partial charge in [-0.1, -0.05) is 36.0 Å². The Balaban J connectivity index is 1.46. The van der Waals surface area contributed by atoms with Crippen LogP contribution < -0.4 is 4.74 Å². The van der Waals surface area contributed by atoms with Gasteiger partial charge in [0.05, 0.1) is 5.75 Å². The zero-order chi connectivity index (χ0) is 24.1. The molecule has 0 atom stereocenters. The molecule has 0 saturated carbocycles. The molecule has 34 heavy (non-hydrogen) atoms. The van der Waals surface area contributed by atoms with Crippen molar-refractivity contribution in [2.24, 2.45) is 0 Å². The average Bonchev–Trinajstić information content (AvgIpc) is 3.37. The summed E-state index contributed by atoms with van der Waals surface area (Å²) in [6.07, 6.45) is 1.74. The van der Waals surface area contributed by atoms with Crippen LogP contribution in [-0.2, 0) is 13.2 Å². The molecule has 2 aromatic heterocycles. The third-order valence-electron chi connectivity index (χ3n) is 5.36. The minimum atomic E-state index is -0.324. The smallest absolute Gasteiger partial charge is 0.192 e.